The van der Waals surface area contributed by atoms with Crippen molar-refractivity contribution in [2.24, 2.45) is 0 Å². The van der Waals surface area contributed by atoms with Crippen LogP contribution in [0.25, 0.3) is 5.82 Å². The maximum atomic E-state index is 12.1. The van der Waals surface area contributed by atoms with E-state index >= 15 is 0 Å². The maximum Gasteiger partial charge on any atom is 0.411 e. The molecule has 1 unspecified atom stereocenters. The van der Waals surface area contributed by atoms with Crippen LogP contribution in [-0.2, 0) is 16.1 Å². The minimum absolute atomic E-state index is 0.0988. The Labute approximate surface area is 130 Å². The first-order chi connectivity index (χ1) is 10.9. The summed E-state index contributed by atoms with van der Waals surface area (Å²) in [6.45, 7) is -0.104. The number of carbonyl (C=O) groups excluding carboxylic acids is 1. The third-order valence-corrected chi connectivity index (χ3v) is 2.91. The number of hydrogen-bond acceptors (Lipinski definition) is 4. The SMILES string of the molecule is CC(OCC(F)(F)F)C(=O)NCc1cccnc1-n1cccn1. The summed E-state index contributed by atoms with van der Waals surface area (Å²) in [7, 11) is 0. The van der Waals surface area contributed by atoms with E-state index in [-0.39, 0.29) is 6.54 Å². The number of pyridine rings is 1. The fourth-order valence-electron chi connectivity index (χ4n) is 1.79. The number of rotatable bonds is 6. The van der Waals surface area contributed by atoms with Gasteiger partial charge in [-0.15, -0.1) is 0 Å². The van der Waals surface area contributed by atoms with Crippen molar-refractivity contribution >= 4 is 5.91 Å². The van der Waals surface area contributed by atoms with E-state index in [4.69, 9.17) is 0 Å². The molecule has 1 N–H and O–H groups in total. The largest absolute Gasteiger partial charge is 0.411 e. The molecular weight excluding hydrogens is 313 g/mol. The van der Waals surface area contributed by atoms with Gasteiger partial charge in [0.15, 0.2) is 5.82 Å². The molecule has 0 aliphatic rings. The van der Waals surface area contributed by atoms with Gasteiger partial charge in [-0.3, -0.25) is 4.79 Å². The Balaban J connectivity index is 1.95. The molecule has 23 heavy (non-hydrogen) atoms. The highest BCUT2D eigenvalue weighted by atomic mass is 19.4. The highest BCUT2D eigenvalue weighted by Gasteiger charge is 2.29. The number of ether oxygens (including phenoxy) is 1. The van der Waals surface area contributed by atoms with E-state index in [2.05, 4.69) is 20.1 Å². The van der Waals surface area contributed by atoms with Gasteiger partial charge in [0.25, 0.3) is 0 Å². The van der Waals surface area contributed by atoms with Crippen LogP contribution in [0.2, 0.25) is 0 Å². The smallest absolute Gasteiger partial charge is 0.359 e. The minimum atomic E-state index is -4.47. The zero-order valence-electron chi connectivity index (χ0n) is 12.2. The van der Waals surface area contributed by atoms with E-state index in [0.29, 0.717) is 11.4 Å². The quantitative estimate of drug-likeness (QED) is 0.879. The second-order valence-corrected chi connectivity index (χ2v) is 4.72. The van der Waals surface area contributed by atoms with Gasteiger partial charge in [-0.1, -0.05) is 6.07 Å². The van der Waals surface area contributed by atoms with Crippen molar-refractivity contribution in [3.63, 3.8) is 0 Å². The summed E-state index contributed by atoms with van der Waals surface area (Å²) in [5.74, 6) is -0.105. The molecule has 0 aliphatic heterocycles. The Morgan fingerprint density at radius 2 is 2.17 bits per heavy atom. The minimum Gasteiger partial charge on any atom is -0.359 e. The lowest BCUT2D eigenvalue weighted by molar-refractivity contribution is -0.185. The normalized spacial score (nSPS) is 12.9. The van der Waals surface area contributed by atoms with Gasteiger partial charge in [-0.05, 0) is 19.1 Å². The van der Waals surface area contributed by atoms with Crippen LogP contribution in [0.1, 0.15) is 12.5 Å². The molecule has 1 amide bonds. The van der Waals surface area contributed by atoms with Crippen molar-refractivity contribution in [1.29, 1.82) is 0 Å². The molecule has 2 heterocycles. The fourth-order valence-corrected chi connectivity index (χ4v) is 1.79. The molecule has 0 spiro atoms. The van der Waals surface area contributed by atoms with Gasteiger partial charge in [0.05, 0.1) is 0 Å². The van der Waals surface area contributed by atoms with Crippen LogP contribution < -0.4 is 5.32 Å². The van der Waals surface area contributed by atoms with E-state index in [1.807, 2.05) is 0 Å². The highest BCUT2D eigenvalue weighted by molar-refractivity contribution is 5.80. The molecular formula is C14H15F3N4O2. The Bertz CT molecular complexity index is 644. The standard InChI is InChI=1S/C14H15F3N4O2/c1-10(23-9-14(15,16)17)13(22)19-8-11-4-2-5-18-12(11)21-7-3-6-20-21/h2-7,10H,8-9H2,1H3,(H,19,22). The summed E-state index contributed by atoms with van der Waals surface area (Å²) in [6, 6.07) is 5.16. The number of carbonyl (C=O) groups is 1. The Kier molecular flexibility index (Phi) is 5.32. The summed E-state index contributed by atoms with van der Waals surface area (Å²) in [5, 5.41) is 6.58. The van der Waals surface area contributed by atoms with Crippen molar-refractivity contribution in [2.45, 2.75) is 25.7 Å². The molecule has 0 radical (unpaired) electrons. The lowest BCUT2D eigenvalue weighted by Gasteiger charge is -2.15. The number of hydrogen-bond donors (Lipinski definition) is 1. The maximum absolute atomic E-state index is 12.1. The molecule has 9 heteroatoms. The number of aromatic nitrogens is 3. The summed E-state index contributed by atoms with van der Waals surface area (Å²) >= 11 is 0. The van der Waals surface area contributed by atoms with Gasteiger partial charge in [-0.2, -0.15) is 18.3 Å². The third-order valence-electron chi connectivity index (χ3n) is 2.91. The Hall–Kier alpha value is -2.42. The topological polar surface area (TPSA) is 69.0 Å². The predicted molar refractivity (Wildman–Crippen MR) is 74.7 cm³/mol. The average Bonchev–Trinajstić information content (AvgIpc) is 3.04. The van der Waals surface area contributed by atoms with Gasteiger partial charge in [-0.25, -0.2) is 9.67 Å². The summed E-state index contributed by atoms with van der Waals surface area (Å²) in [5.41, 5.74) is 0.674. The number of nitrogens with one attached hydrogen (secondary N) is 1. The van der Waals surface area contributed by atoms with E-state index in [9.17, 15) is 18.0 Å². The van der Waals surface area contributed by atoms with Gasteiger partial charge < -0.3 is 10.1 Å². The molecule has 0 aromatic carbocycles. The summed E-state index contributed by atoms with van der Waals surface area (Å²) in [6.07, 6.45) is -0.809. The molecule has 0 bridgehead atoms. The van der Waals surface area contributed by atoms with Crippen molar-refractivity contribution in [3.05, 3.63) is 42.4 Å². The molecule has 2 aromatic heterocycles. The monoisotopic (exact) mass is 328 g/mol. The van der Waals surface area contributed by atoms with Crippen molar-refractivity contribution in [1.82, 2.24) is 20.1 Å². The lowest BCUT2D eigenvalue weighted by atomic mass is 10.2. The van der Waals surface area contributed by atoms with Crippen LogP contribution in [0.5, 0.6) is 0 Å². The predicted octanol–water partition coefficient (Wildman–Crippen LogP) is 1.85. The number of alkyl halides is 3. The molecule has 1 atom stereocenters. The van der Waals surface area contributed by atoms with Gasteiger partial charge in [0, 0.05) is 30.7 Å². The molecule has 0 saturated heterocycles. The summed E-state index contributed by atoms with van der Waals surface area (Å²) < 4.78 is 42.2. The number of halogens is 3. The first-order valence-electron chi connectivity index (χ1n) is 6.77. The van der Waals surface area contributed by atoms with E-state index < -0.39 is 24.8 Å². The van der Waals surface area contributed by atoms with Crippen LogP contribution >= 0.6 is 0 Å². The fraction of sp³-hybridized carbons (Fsp3) is 0.357. The third kappa shape index (κ3) is 5.06. The molecule has 2 rings (SSSR count). The van der Waals surface area contributed by atoms with Crippen LogP contribution in [0.4, 0.5) is 13.2 Å². The second kappa shape index (κ2) is 7.23. The van der Waals surface area contributed by atoms with Crippen LogP contribution in [-0.4, -0.2) is 39.6 Å². The Morgan fingerprint density at radius 1 is 1.39 bits per heavy atom. The zero-order valence-corrected chi connectivity index (χ0v) is 12.2. The lowest BCUT2D eigenvalue weighted by Crippen LogP contribution is -2.36. The molecule has 0 fully saturated rings. The first kappa shape index (κ1) is 16.9. The number of amides is 1. The molecule has 0 aliphatic carbocycles. The van der Waals surface area contributed by atoms with Crippen molar-refractivity contribution in [2.75, 3.05) is 6.61 Å². The number of nitrogens with zero attached hydrogens (tertiary/aromatic N) is 3. The van der Waals surface area contributed by atoms with E-state index in [0.717, 1.165) is 0 Å². The molecule has 6 nitrogen and oxygen atoms in total. The highest BCUT2D eigenvalue weighted by Crippen LogP contribution is 2.15. The van der Waals surface area contributed by atoms with Gasteiger partial charge in [0.2, 0.25) is 5.91 Å². The van der Waals surface area contributed by atoms with Crippen molar-refractivity contribution < 1.29 is 22.7 Å². The van der Waals surface area contributed by atoms with Crippen molar-refractivity contribution in [3.8, 4) is 5.82 Å². The van der Waals surface area contributed by atoms with E-state index in [1.54, 1.807) is 36.8 Å². The molecule has 124 valence electrons. The van der Waals surface area contributed by atoms with Crippen LogP contribution in [0, 0.1) is 0 Å². The summed E-state index contributed by atoms with van der Waals surface area (Å²) in [4.78, 5) is 16.0. The van der Waals surface area contributed by atoms with Crippen LogP contribution in [0.3, 0.4) is 0 Å². The average molecular weight is 328 g/mol. The van der Waals surface area contributed by atoms with Gasteiger partial charge in [0.1, 0.15) is 12.7 Å². The second-order valence-electron chi connectivity index (χ2n) is 4.72. The molecule has 0 saturated carbocycles. The first-order valence-corrected chi connectivity index (χ1v) is 6.77. The van der Waals surface area contributed by atoms with Gasteiger partial charge >= 0.3 is 6.18 Å². The Morgan fingerprint density at radius 3 is 2.83 bits per heavy atom. The zero-order chi connectivity index (χ0) is 16.9. The van der Waals surface area contributed by atoms with E-state index in [1.165, 1.54) is 11.6 Å². The molecule has 2 aromatic rings. The van der Waals surface area contributed by atoms with Crippen LogP contribution in [0.15, 0.2) is 36.8 Å².